The normalized spacial score (nSPS) is 17.9. The Labute approximate surface area is 246 Å². The van der Waals surface area contributed by atoms with E-state index in [9.17, 15) is 4.39 Å². The zero-order chi connectivity index (χ0) is 29.4. The molecular formula is C32H40F2N8. The number of rotatable bonds is 8. The van der Waals surface area contributed by atoms with Gasteiger partial charge in [0.15, 0.2) is 11.6 Å². The van der Waals surface area contributed by atoms with Crippen molar-refractivity contribution in [2.45, 2.75) is 65.5 Å². The van der Waals surface area contributed by atoms with Crippen LogP contribution in [-0.4, -0.2) is 67.0 Å². The van der Waals surface area contributed by atoms with Gasteiger partial charge in [0.05, 0.1) is 11.7 Å². The van der Waals surface area contributed by atoms with Crippen LogP contribution in [-0.2, 0) is 0 Å². The van der Waals surface area contributed by atoms with Crippen LogP contribution in [0.4, 0.5) is 20.5 Å². The predicted molar refractivity (Wildman–Crippen MR) is 162 cm³/mol. The molecule has 4 aromatic rings. The van der Waals surface area contributed by atoms with E-state index in [-0.39, 0.29) is 23.2 Å². The lowest BCUT2D eigenvalue weighted by atomic mass is 9.90. The zero-order valence-electron chi connectivity index (χ0n) is 24.9. The number of piperazine rings is 1. The summed E-state index contributed by atoms with van der Waals surface area (Å²) in [4.78, 5) is 22.8. The minimum Gasteiger partial charge on any atom is -0.326 e. The second-order valence-electron chi connectivity index (χ2n) is 11.9. The lowest BCUT2D eigenvalue weighted by Crippen LogP contribution is -2.48. The summed E-state index contributed by atoms with van der Waals surface area (Å²) in [6.07, 6.45) is 8.18. The van der Waals surface area contributed by atoms with E-state index in [4.69, 9.17) is 4.98 Å². The Balaban J connectivity index is 1.25. The van der Waals surface area contributed by atoms with Crippen LogP contribution in [0.15, 0.2) is 36.7 Å². The molecule has 222 valence electrons. The summed E-state index contributed by atoms with van der Waals surface area (Å²) in [5.41, 5.74) is 2.46. The van der Waals surface area contributed by atoms with E-state index in [2.05, 4.69) is 43.1 Å². The monoisotopic (exact) mass is 574 g/mol. The molecule has 1 aliphatic carbocycles. The summed E-state index contributed by atoms with van der Waals surface area (Å²) >= 11 is 0. The van der Waals surface area contributed by atoms with E-state index in [0.717, 1.165) is 38.9 Å². The summed E-state index contributed by atoms with van der Waals surface area (Å²) in [5, 5.41) is 3.12. The molecule has 6 rings (SSSR count). The zero-order valence-corrected chi connectivity index (χ0v) is 24.9. The molecule has 1 saturated heterocycles. The van der Waals surface area contributed by atoms with Gasteiger partial charge in [-0.3, -0.25) is 4.90 Å². The quantitative estimate of drug-likeness (QED) is 0.252. The van der Waals surface area contributed by atoms with Crippen LogP contribution < -0.4 is 5.32 Å². The number of hydrogen-bond acceptors (Lipinski definition) is 7. The highest BCUT2D eigenvalue weighted by Crippen LogP contribution is 2.40. The molecule has 1 aromatic carbocycles. The predicted octanol–water partition coefficient (Wildman–Crippen LogP) is 6.67. The SMILES string of the molecule is CCN1CCN(C(c2ccc(Nc3ncc(F)c(-c4cc(F)c5nc(C)n(C(C)C)c5c4)n3)nc2)C2CCCC2)CC1. The average molecular weight is 575 g/mol. The summed E-state index contributed by atoms with van der Waals surface area (Å²) in [7, 11) is 0. The minimum atomic E-state index is -0.627. The highest BCUT2D eigenvalue weighted by molar-refractivity contribution is 5.83. The summed E-state index contributed by atoms with van der Waals surface area (Å²) in [6, 6.07) is 7.56. The second kappa shape index (κ2) is 12.0. The van der Waals surface area contributed by atoms with Gasteiger partial charge >= 0.3 is 0 Å². The first kappa shape index (κ1) is 28.6. The van der Waals surface area contributed by atoms with Gasteiger partial charge in [0.2, 0.25) is 5.95 Å². The number of fused-ring (bicyclic) bond motifs is 1. The van der Waals surface area contributed by atoms with Crippen LogP contribution in [0.2, 0.25) is 0 Å². The first-order chi connectivity index (χ1) is 20.3. The molecule has 3 aromatic heterocycles. The van der Waals surface area contributed by atoms with Crippen molar-refractivity contribution >= 4 is 22.8 Å². The first-order valence-corrected chi connectivity index (χ1v) is 15.2. The second-order valence-corrected chi connectivity index (χ2v) is 11.9. The van der Waals surface area contributed by atoms with Crippen molar-refractivity contribution in [1.82, 2.24) is 34.3 Å². The fourth-order valence-corrected chi connectivity index (χ4v) is 6.87. The molecule has 1 aliphatic heterocycles. The van der Waals surface area contributed by atoms with Gasteiger partial charge in [-0.1, -0.05) is 25.8 Å². The molecular weight excluding hydrogens is 534 g/mol. The standard InChI is InChI=1S/C32H40F2N8/c1-5-40-12-14-41(15-13-40)31(22-8-6-7-9-22)23-10-11-28(35-18-23)38-32-36-19-26(34)29(39-32)24-16-25(33)30-27(17-24)42(20(2)3)21(4)37-30/h10-11,16-20,22,31H,5-9,12-15H2,1-4H3,(H,35,36,38,39). The molecule has 1 atom stereocenters. The number of halogens is 2. The molecule has 0 amide bonds. The number of anilines is 2. The third kappa shape index (κ3) is 5.62. The van der Waals surface area contributed by atoms with Gasteiger partial charge in [-0.15, -0.1) is 0 Å². The number of benzene rings is 1. The van der Waals surface area contributed by atoms with Crippen molar-refractivity contribution in [2.75, 3.05) is 38.0 Å². The first-order valence-electron chi connectivity index (χ1n) is 15.2. The molecule has 0 bridgehead atoms. The van der Waals surface area contributed by atoms with Gasteiger partial charge < -0.3 is 14.8 Å². The molecule has 0 radical (unpaired) electrons. The number of likely N-dealkylation sites (N-methyl/N-ethyl adjacent to an activating group) is 1. The molecule has 2 fully saturated rings. The maximum Gasteiger partial charge on any atom is 0.229 e. The topological polar surface area (TPSA) is 75.0 Å². The largest absolute Gasteiger partial charge is 0.326 e. The minimum absolute atomic E-state index is 0.0200. The van der Waals surface area contributed by atoms with E-state index < -0.39 is 11.6 Å². The van der Waals surface area contributed by atoms with Gasteiger partial charge in [0.25, 0.3) is 0 Å². The van der Waals surface area contributed by atoms with Crippen molar-refractivity contribution in [3.63, 3.8) is 0 Å². The Morgan fingerprint density at radius 3 is 2.38 bits per heavy atom. The number of nitrogens with zero attached hydrogens (tertiary/aromatic N) is 7. The average Bonchev–Trinajstić information content (AvgIpc) is 3.63. The Bertz CT molecular complexity index is 1540. The van der Waals surface area contributed by atoms with E-state index in [1.165, 1.54) is 37.3 Å². The van der Waals surface area contributed by atoms with Crippen LogP contribution in [0.3, 0.4) is 0 Å². The van der Waals surface area contributed by atoms with Gasteiger partial charge in [0.1, 0.15) is 22.9 Å². The van der Waals surface area contributed by atoms with Gasteiger partial charge in [-0.25, -0.2) is 28.7 Å². The Morgan fingerprint density at radius 2 is 1.71 bits per heavy atom. The molecule has 42 heavy (non-hydrogen) atoms. The fourth-order valence-electron chi connectivity index (χ4n) is 6.87. The third-order valence-corrected chi connectivity index (χ3v) is 8.92. The third-order valence-electron chi connectivity index (χ3n) is 8.92. The highest BCUT2D eigenvalue weighted by atomic mass is 19.1. The van der Waals surface area contributed by atoms with Crippen molar-refractivity contribution in [3.8, 4) is 11.3 Å². The number of nitrogens with one attached hydrogen (secondary N) is 1. The van der Waals surface area contributed by atoms with Crippen molar-refractivity contribution < 1.29 is 8.78 Å². The van der Waals surface area contributed by atoms with E-state index >= 15 is 4.39 Å². The van der Waals surface area contributed by atoms with E-state index in [0.29, 0.717) is 34.7 Å². The number of aromatic nitrogens is 5. The molecule has 1 N–H and O–H groups in total. The summed E-state index contributed by atoms with van der Waals surface area (Å²) in [5.74, 6) is 0.987. The molecule has 8 nitrogen and oxygen atoms in total. The van der Waals surface area contributed by atoms with E-state index in [1.54, 1.807) is 6.07 Å². The van der Waals surface area contributed by atoms with Gasteiger partial charge in [0, 0.05) is 50.0 Å². The van der Waals surface area contributed by atoms with Crippen LogP contribution in [0.25, 0.3) is 22.3 Å². The van der Waals surface area contributed by atoms with Crippen molar-refractivity contribution in [1.29, 1.82) is 0 Å². The summed E-state index contributed by atoms with van der Waals surface area (Å²) < 4.78 is 32.0. The molecule has 4 heterocycles. The van der Waals surface area contributed by atoms with Crippen molar-refractivity contribution in [3.05, 3.63) is 59.7 Å². The summed E-state index contributed by atoms with van der Waals surface area (Å²) in [6.45, 7) is 13.5. The molecule has 10 heteroatoms. The lowest BCUT2D eigenvalue weighted by molar-refractivity contribution is 0.0718. The van der Waals surface area contributed by atoms with Gasteiger partial charge in [-0.05, 0) is 69.8 Å². The highest BCUT2D eigenvalue weighted by Gasteiger charge is 2.33. The maximum absolute atomic E-state index is 15.1. The van der Waals surface area contributed by atoms with Gasteiger partial charge in [-0.2, -0.15) is 0 Å². The lowest BCUT2D eigenvalue weighted by Gasteiger charge is -2.41. The smallest absolute Gasteiger partial charge is 0.229 e. The number of imidazole rings is 1. The number of pyridine rings is 1. The Kier molecular flexibility index (Phi) is 8.18. The maximum atomic E-state index is 15.1. The Morgan fingerprint density at radius 1 is 0.952 bits per heavy atom. The fraction of sp³-hybridized carbons (Fsp3) is 0.500. The Hall–Kier alpha value is -3.50. The molecule has 0 spiro atoms. The van der Waals surface area contributed by atoms with Crippen LogP contribution in [0, 0.1) is 24.5 Å². The van der Waals surface area contributed by atoms with Crippen LogP contribution in [0.1, 0.15) is 69.9 Å². The molecule has 2 aliphatic rings. The van der Waals surface area contributed by atoms with E-state index in [1.807, 2.05) is 37.6 Å². The molecule has 1 saturated carbocycles. The number of aryl methyl sites for hydroxylation is 1. The van der Waals surface area contributed by atoms with Crippen LogP contribution in [0.5, 0.6) is 0 Å². The molecule has 1 unspecified atom stereocenters. The number of hydrogen-bond donors (Lipinski definition) is 1. The van der Waals surface area contributed by atoms with Crippen molar-refractivity contribution in [2.24, 2.45) is 5.92 Å². The van der Waals surface area contributed by atoms with Crippen LogP contribution >= 0.6 is 0 Å².